The molecule has 4 fully saturated rings. The number of piperidine rings is 2. The number of aromatic nitrogens is 4. The van der Waals surface area contributed by atoms with Crippen molar-refractivity contribution >= 4 is 63.9 Å². The lowest BCUT2D eigenvalue weighted by Crippen LogP contribution is -2.59. The molecule has 0 radical (unpaired) electrons. The summed E-state index contributed by atoms with van der Waals surface area (Å²) >= 11 is 6.56. The topological polar surface area (TPSA) is 160 Å². The molecule has 3 saturated heterocycles. The number of imide groups is 1. The zero-order valence-electron chi connectivity index (χ0n) is 38.0. The number of amides is 5. The highest BCUT2D eigenvalue weighted by molar-refractivity contribution is 6.35. The number of benzene rings is 2. The number of pyridine rings is 1. The predicted molar refractivity (Wildman–Crippen MR) is 251 cm³/mol. The number of imidazole rings is 1. The molecule has 7 heterocycles. The number of carbonyl (C=O) groups excluding carboxylic acids is 4. The van der Waals surface area contributed by atoms with Crippen LogP contribution < -0.4 is 25.8 Å². The minimum Gasteiger partial charge on any atom is -0.385 e. The maximum Gasteiger partial charge on any atom is 0.328 e. The zero-order chi connectivity index (χ0) is 47.5. The van der Waals surface area contributed by atoms with Crippen molar-refractivity contribution in [1.82, 2.24) is 40.0 Å². The molecule has 5 aliphatic rings. The second-order valence-corrected chi connectivity index (χ2v) is 19.2. The molecule has 1 saturated carbocycles. The smallest absolute Gasteiger partial charge is 0.328 e. The van der Waals surface area contributed by atoms with Crippen molar-refractivity contribution in [3.63, 3.8) is 0 Å². The summed E-state index contributed by atoms with van der Waals surface area (Å²) in [5, 5.41) is 13.6. The SMILES string of the molecule is CNc1cc(N2CCc3c(-c4ccc(CN5CCC6(CCN(C(=O)c7cc(C)c(Cl)c(N8CCC(=O)NC8=O)c7)CC6)C(F)(F)C5)cn4)cccc32)nn2c(CC(=O)N[C@@H]3CCC[C@H]3F)cnc12. The van der Waals surface area contributed by atoms with Crippen LogP contribution in [-0.4, -0.2) is 118 Å². The maximum atomic E-state index is 16.3. The van der Waals surface area contributed by atoms with E-state index in [1.807, 2.05) is 43.4 Å². The highest BCUT2D eigenvalue weighted by atomic mass is 35.5. The number of anilines is 4. The molecule has 15 nitrogen and oxygen atoms in total. The molecule has 356 valence electrons. The molecule has 3 aromatic heterocycles. The van der Waals surface area contributed by atoms with Crippen molar-refractivity contribution in [3.8, 4) is 11.3 Å². The number of nitrogens with zero attached hydrogens (tertiary/aromatic N) is 8. The number of hydrogen-bond donors (Lipinski definition) is 3. The lowest BCUT2D eigenvalue weighted by atomic mass is 9.68. The molecule has 1 aliphatic carbocycles. The molecule has 4 aliphatic heterocycles. The number of nitrogens with one attached hydrogen (secondary N) is 3. The average molecular weight is 952 g/mol. The molecular weight excluding hydrogens is 899 g/mol. The summed E-state index contributed by atoms with van der Waals surface area (Å²) in [5.41, 5.74) is 6.57. The van der Waals surface area contributed by atoms with E-state index in [0.29, 0.717) is 77.9 Å². The van der Waals surface area contributed by atoms with Crippen LogP contribution in [-0.2, 0) is 29.0 Å². The summed E-state index contributed by atoms with van der Waals surface area (Å²) in [5.74, 6) is -3.28. The van der Waals surface area contributed by atoms with Crippen LogP contribution in [0.3, 0.4) is 0 Å². The van der Waals surface area contributed by atoms with Gasteiger partial charge in [0.15, 0.2) is 11.5 Å². The van der Waals surface area contributed by atoms with Crippen molar-refractivity contribution in [2.75, 3.05) is 61.4 Å². The Bertz CT molecular complexity index is 2820. The molecule has 3 N–H and O–H groups in total. The van der Waals surface area contributed by atoms with Gasteiger partial charge < -0.3 is 20.4 Å². The van der Waals surface area contributed by atoms with E-state index >= 15 is 8.78 Å². The fourth-order valence-electron chi connectivity index (χ4n) is 10.8. The van der Waals surface area contributed by atoms with Crippen LogP contribution in [0, 0.1) is 12.3 Å². The van der Waals surface area contributed by atoms with Crippen LogP contribution in [0.5, 0.6) is 0 Å². The molecule has 19 heteroatoms. The first-order valence-corrected chi connectivity index (χ1v) is 23.7. The number of fused-ring (bicyclic) bond motifs is 2. The Hall–Kier alpha value is -6.27. The van der Waals surface area contributed by atoms with Gasteiger partial charge in [-0.15, -0.1) is 5.10 Å². The molecule has 5 aromatic rings. The predicted octanol–water partition coefficient (Wildman–Crippen LogP) is 7.25. The fraction of sp³-hybridized carbons (Fsp3) is 0.449. The number of hydrogen-bond acceptors (Lipinski definition) is 10. The quantitative estimate of drug-likeness (QED) is 0.130. The number of likely N-dealkylation sites (tertiary alicyclic amines) is 2. The van der Waals surface area contributed by atoms with E-state index in [1.54, 1.807) is 45.8 Å². The first kappa shape index (κ1) is 45.5. The number of aryl methyl sites for hydroxylation is 1. The highest BCUT2D eigenvalue weighted by Gasteiger charge is 2.57. The Balaban J connectivity index is 0.779. The largest absolute Gasteiger partial charge is 0.385 e. The van der Waals surface area contributed by atoms with Crippen molar-refractivity contribution in [3.05, 3.63) is 93.9 Å². The number of alkyl halides is 3. The molecule has 10 rings (SSSR count). The maximum absolute atomic E-state index is 16.3. The van der Waals surface area contributed by atoms with E-state index in [4.69, 9.17) is 21.7 Å². The molecule has 2 aromatic carbocycles. The van der Waals surface area contributed by atoms with Crippen LogP contribution in [0.15, 0.2) is 60.9 Å². The van der Waals surface area contributed by atoms with E-state index in [9.17, 15) is 23.6 Å². The Labute approximate surface area is 396 Å². The Morgan fingerprint density at radius 2 is 1.72 bits per heavy atom. The van der Waals surface area contributed by atoms with Crippen molar-refractivity contribution in [1.29, 1.82) is 0 Å². The second-order valence-electron chi connectivity index (χ2n) is 18.8. The van der Waals surface area contributed by atoms with Gasteiger partial charge in [-0.05, 0) is 99.4 Å². The third kappa shape index (κ3) is 8.39. The fourth-order valence-corrected chi connectivity index (χ4v) is 11.0. The Morgan fingerprint density at radius 1 is 0.926 bits per heavy atom. The van der Waals surface area contributed by atoms with Crippen molar-refractivity contribution in [2.24, 2.45) is 5.41 Å². The second kappa shape index (κ2) is 18.0. The Kier molecular flexibility index (Phi) is 12.0. The van der Waals surface area contributed by atoms with Gasteiger partial charge in [0.1, 0.15) is 6.17 Å². The van der Waals surface area contributed by atoms with E-state index in [1.165, 1.54) is 4.90 Å². The number of urea groups is 1. The average Bonchev–Trinajstić information content (AvgIpc) is 4.07. The standard InChI is InChI=1S/C49H53ClF3N11O4/c1-29-21-31(22-40(44(29)50)63-17-12-42(65)58-47(63)68)46(67)61-19-14-48(15-20-61)13-18-60(28-49(48,52)53)27-30-9-10-36(55-25-30)33-5-3-8-39-34(33)11-16-62(39)41-24-38(54-2)45-56-26-32(64(45)59-41)23-43(66)57-37-7-4-6-35(37)51/h3,5,8-10,21-22,24-26,35,37,54H,4,6-7,11-20,23,27-28H2,1-2H3,(H,57,66)(H,58,65,68)/t35-,37-/m1/s1. The summed E-state index contributed by atoms with van der Waals surface area (Å²) in [7, 11) is 1.81. The first-order valence-electron chi connectivity index (χ1n) is 23.4. The van der Waals surface area contributed by atoms with Gasteiger partial charge in [-0.2, -0.15) is 0 Å². The summed E-state index contributed by atoms with van der Waals surface area (Å²) < 4.78 is 48.5. The van der Waals surface area contributed by atoms with Gasteiger partial charge in [-0.25, -0.2) is 27.5 Å². The van der Waals surface area contributed by atoms with Gasteiger partial charge in [-0.3, -0.25) is 34.5 Å². The van der Waals surface area contributed by atoms with Crippen LogP contribution in [0.1, 0.15) is 77.7 Å². The number of halogens is 4. The minimum atomic E-state index is -2.98. The van der Waals surface area contributed by atoms with Crippen LogP contribution in [0.2, 0.25) is 5.02 Å². The van der Waals surface area contributed by atoms with E-state index in [-0.39, 0.29) is 63.0 Å². The Morgan fingerprint density at radius 3 is 2.44 bits per heavy atom. The molecule has 5 amide bonds. The molecule has 0 unspecified atom stereocenters. The lowest BCUT2D eigenvalue weighted by Gasteiger charge is -2.51. The highest BCUT2D eigenvalue weighted by Crippen LogP contribution is 2.51. The summed E-state index contributed by atoms with van der Waals surface area (Å²) in [6, 6.07) is 14.0. The van der Waals surface area contributed by atoms with Gasteiger partial charge in [0.2, 0.25) is 11.8 Å². The van der Waals surface area contributed by atoms with Crippen LogP contribution in [0.4, 0.5) is 40.8 Å². The molecule has 0 bridgehead atoms. The first-order chi connectivity index (χ1) is 32.7. The van der Waals surface area contributed by atoms with Crippen LogP contribution >= 0.6 is 11.6 Å². The lowest BCUT2D eigenvalue weighted by molar-refractivity contribution is -0.186. The summed E-state index contributed by atoms with van der Waals surface area (Å²) in [6.07, 6.45) is 5.69. The summed E-state index contributed by atoms with van der Waals surface area (Å²) in [6.45, 7) is 3.27. The van der Waals surface area contributed by atoms with Gasteiger partial charge >= 0.3 is 6.03 Å². The van der Waals surface area contributed by atoms with Gasteiger partial charge in [-0.1, -0.05) is 29.8 Å². The third-order valence-electron chi connectivity index (χ3n) is 14.7. The normalized spacial score (nSPS) is 21.4. The zero-order valence-corrected chi connectivity index (χ0v) is 38.7. The molecule has 2 atom stereocenters. The number of carbonyl (C=O) groups is 4. The summed E-state index contributed by atoms with van der Waals surface area (Å²) in [4.78, 5) is 67.3. The van der Waals surface area contributed by atoms with E-state index in [2.05, 4.69) is 25.8 Å². The third-order valence-corrected chi connectivity index (χ3v) is 15.2. The molecule has 1 spiro atoms. The minimum absolute atomic E-state index is 0.0144. The molecule has 68 heavy (non-hydrogen) atoms. The number of rotatable bonds is 10. The van der Waals surface area contributed by atoms with Crippen molar-refractivity contribution < 1.29 is 32.3 Å². The van der Waals surface area contributed by atoms with E-state index in [0.717, 1.165) is 46.6 Å². The monoisotopic (exact) mass is 951 g/mol. The van der Waals surface area contributed by atoms with Crippen LogP contribution in [0.25, 0.3) is 16.9 Å². The van der Waals surface area contributed by atoms with Crippen molar-refractivity contribution in [2.45, 2.75) is 89.4 Å². The molecular formula is C49H53ClF3N11O4. The van der Waals surface area contributed by atoms with Gasteiger partial charge in [0.25, 0.3) is 11.8 Å². The van der Waals surface area contributed by atoms with Gasteiger partial charge in [0, 0.05) is 80.7 Å². The van der Waals surface area contributed by atoms with Gasteiger partial charge in [0.05, 0.1) is 53.0 Å². The van der Waals surface area contributed by atoms with E-state index < -0.39 is 36.1 Å².